The molecule has 2 unspecified atom stereocenters. The van der Waals surface area contributed by atoms with Gasteiger partial charge in [-0.2, -0.15) is 0 Å². The number of allylic oxidation sites excluding steroid dienone is 1. The molecule has 356 valence electrons. The number of ether oxygens (including phenoxy) is 1. The normalized spacial score (nSPS) is 12.7. The van der Waals surface area contributed by atoms with Gasteiger partial charge < -0.3 is 20.3 Å². The molecule has 0 aliphatic heterocycles. The van der Waals surface area contributed by atoms with Gasteiger partial charge in [0.1, 0.15) is 0 Å². The van der Waals surface area contributed by atoms with Crippen molar-refractivity contribution in [3.8, 4) is 0 Å². The van der Waals surface area contributed by atoms with Gasteiger partial charge in [0.2, 0.25) is 5.91 Å². The van der Waals surface area contributed by atoms with Crippen LogP contribution in [0.15, 0.2) is 12.2 Å². The molecular formula is C54H105NO5. The Hall–Kier alpha value is -1.40. The number of aliphatic hydroxyl groups is 2. The van der Waals surface area contributed by atoms with Crippen molar-refractivity contribution in [3.63, 3.8) is 0 Å². The summed E-state index contributed by atoms with van der Waals surface area (Å²) in [7, 11) is 0. The predicted octanol–water partition coefficient (Wildman–Crippen LogP) is 16.1. The van der Waals surface area contributed by atoms with Gasteiger partial charge in [0, 0.05) is 12.8 Å². The fourth-order valence-electron chi connectivity index (χ4n) is 8.40. The average molecular weight is 848 g/mol. The van der Waals surface area contributed by atoms with Gasteiger partial charge in [0.05, 0.1) is 25.4 Å². The molecule has 0 aromatic carbocycles. The van der Waals surface area contributed by atoms with Crippen LogP contribution in [0.3, 0.4) is 0 Å². The van der Waals surface area contributed by atoms with Crippen LogP contribution in [0.2, 0.25) is 0 Å². The molecular weight excluding hydrogens is 743 g/mol. The molecule has 0 saturated heterocycles. The second kappa shape index (κ2) is 50.2. The van der Waals surface area contributed by atoms with Crippen molar-refractivity contribution < 1.29 is 24.5 Å². The molecule has 6 heteroatoms. The lowest BCUT2D eigenvalue weighted by Gasteiger charge is -2.20. The van der Waals surface area contributed by atoms with Gasteiger partial charge >= 0.3 is 5.97 Å². The van der Waals surface area contributed by atoms with Crippen molar-refractivity contribution in [2.75, 3.05) is 13.2 Å². The van der Waals surface area contributed by atoms with E-state index in [1.165, 1.54) is 231 Å². The number of esters is 1. The van der Waals surface area contributed by atoms with Crippen molar-refractivity contribution >= 4 is 11.9 Å². The molecule has 0 rings (SSSR count). The lowest BCUT2D eigenvalue weighted by Crippen LogP contribution is -2.45. The predicted molar refractivity (Wildman–Crippen MR) is 260 cm³/mol. The maximum Gasteiger partial charge on any atom is 0.305 e. The topological polar surface area (TPSA) is 95.9 Å². The van der Waals surface area contributed by atoms with Crippen molar-refractivity contribution in [1.29, 1.82) is 0 Å². The average Bonchev–Trinajstić information content (AvgIpc) is 3.25. The number of nitrogens with one attached hydrogen (secondary N) is 1. The number of hydrogen-bond donors (Lipinski definition) is 3. The Labute approximate surface area is 374 Å². The molecule has 0 spiro atoms. The van der Waals surface area contributed by atoms with Crippen LogP contribution in [-0.2, 0) is 14.3 Å². The summed E-state index contributed by atoms with van der Waals surface area (Å²) in [4.78, 5) is 24.4. The van der Waals surface area contributed by atoms with Crippen molar-refractivity contribution in [2.24, 2.45) is 0 Å². The van der Waals surface area contributed by atoms with Crippen molar-refractivity contribution in [3.05, 3.63) is 12.2 Å². The number of amides is 1. The van der Waals surface area contributed by atoms with E-state index in [0.29, 0.717) is 19.4 Å². The van der Waals surface area contributed by atoms with Crippen LogP contribution in [0.1, 0.15) is 296 Å². The second-order valence-electron chi connectivity index (χ2n) is 18.6. The summed E-state index contributed by atoms with van der Waals surface area (Å²) in [6.07, 6.45) is 57.9. The number of aliphatic hydroxyl groups excluding tert-OH is 2. The SMILES string of the molecule is CCCCCCCCCCC/C=C/C(O)C(CO)NC(=O)CCCCCCCCCCCCCCCCCCCCCOC(=O)CCCCCCCCCCCCCCC. The molecule has 3 N–H and O–H groups in total. The summed E-state index contributed by atoms with van der Waals surface area (Å²) < 4.78 is 5.47. The summed E-state index contributed by atoms with van der Waals surface area (Å²) in [6.45, 7) is 4.89. The zero-order valence-electron chi connectivity index (χ0n) is 40.5. The molecule has 0 aromatic rings. The lowest BCUT2D eigenvalue weighted by atomic mass is 10.0. The minimum absolute atomic E-state index is 0.00983. The number of hydrogen-bond acceptors (Lipinski definition) is 5. The molecule has 0 aromatic heterocycles. The lowest BCUT2D eigenvalue weighted by molar-refractivity contribution is -0.143. The highest BCUT2D eigenvalue weighted by Crippen LogP contribution is 2.17. The number of carbonyl (C=O) groups is 2. The smallest absolute Gasteiger partial charge is 0.305 e. The summed E-state index contributed by atoms with van der Waals surface area (Å²) in [6, 6.07) is -0.627. The van der Waals surface area contributed by atoms with Gasteiger partial charge in [-0.15, -0.1) is 0 Å². The van der Waals surface area contributed by atoms with Crippen LogP contribution in [0, 0.1) is 0 Å². The first-order chi connectivity index (χ1) is 29.5. The van der Waals surface area contributed by atoms with Crippen LogP contribution < -0.4 is 5.32 Å². The van der Waals surface area contributed by atoms with Crippen LogP contribution in [0.25, 0.3) is 0 Å². The highest BCUT2D eigenvalue weighted by atomic mass is 16.5. The zero-order valence-corrected chi connectivity index (χ0v) is 40.5. The van der Waals surface area contributed by atoms with E-state index >= 15 is 0 Å². The quantitative estimate of drug-likeness (QED) is 0.0322. The van der Waals surface area contributed by atoms with Gasteiger partial charge in [0.15, 0.2) is 0 Å². The van der Waals surface area contributed by atoms with Gasteiger partial charge in [-0.05, 0) is 32.1 Å². The zero-order chi connectivity index (χ0) is 43.7. The highest BCUT2D eigenvalue weighted by molar-refractivity contribution is 5.76. The monoisotopic (exact) mass is 848 g/mol. The van der Waals surface area contributed by atoms with E-state index in [0.717, 1.165) is 38.5 Å². The molecule has 1 amide bonds. The third-order valence-corrected chi connectivity index (χ3v) is 12.6. The fourth-order valence-corrected chi connectivity index (χ4v) is 8.40. The van der Waals surface area contributed by atoms with Crippen LogP contribution in [-0.4, -0.2) is 47.4 Å². The van der Waals surface area contributed by atoms with Crippen LogP contribution >= 0.6 is 0 Å². The first-order valence-corrected chi connectivity index (χ1v) is 27.0. The Morgan fingerprint density at radius 3 is 1.13 bits per heavy atom. The molecule has 6 nitrogen and oxygen atoms in total. The molecule has 0 fully saturated rings. The second-order valence-corrected chi connectivity index (χ2v) is 18.6. The van der Waals surface area contributed by atoms with E-state index in [9.17, 15) is 19.8 Å². The largest absolute Gasteiger partial charge is 0.466 e. The summed E-state index contributed by atoms with van der Waals surface area (Å²) in [5.41, 5.74) is 0. The Balaban J connectivity index is 3.39. The molecule has 0 aliphatic rings. The first-order valence-electron chi connectivity index (χ1n) is 27.0. The molecule has 60 heavy (non-hydrogen) atoms. The minimum Gasteiger partial charge on any atom is -0.466 e. The molecule has 0 aliphatic carbocycles. The third-order valence-electron chi connectivity index (χ3n) is 12.6. The van der Waals surface area contributed by atoms with Crippen LogP contribution in [0.4, 0.5) is 0 Å². The van der Waals surface area contributed by atoms with E-state index < -0.39 is 12.1 Å². The maximum atomic E-state index is 12.4. The van der Waals surface area contributed by atoms with Crippen LogP contribution in [0.5, 0.6) is 0 Å². The van der Waals surface area contributed by atoms with Crippen molar-refractivity contribution in [1.82, 2.24) is 5.32 Å². The summed E-state index contributed by atoms with van der Waals surface area (Å²) in [5.74, 6) is -0.0615. The Morgan fingerprint density at radius 2 is 0.767 bits per heavy atom. The van der Waals surface area contributed by atoms with E-state index in [-0.39, 0.29) is 18.5 Å². The molecule has 0 heterocycles. The number of carbonyl (C=O) groups excluding carboxylic acids is 2. The molecule has 0 bridgehead atoms. The van der Waals surface area contributed by atoms with E-state index in [2.05, 4.69) is 19.2 Å². The summed E-state index contributed by atoms with van der Waals surface area (Å²) in [5, 5.41) is 23.0. The minimum atomic E-state index is -0.843. The highest BCUT2D eigenvalue weighted by Gasteiger charge is 2.18. The molecule has 0 saturated carbocycles. The summed E-state index contributed by atoms with van der Waals surface area (Å²) >= 11 is 0. The maximum absolute atomic E-state index is 12.4. The first kappa shape index (κ1) is 58.6. The van der Waals surface area contributed by atoms with Gasteiger partial charge in [0.25, 0.3) is 0 Å². The van der Waals surface area contributed by atoms with Gasteiger partial charge in [-0.3, -0.25) is 9.59 Å². The Bertz CT molecular complexity index is 893. The molecule has 2 atom stereocenters. The number of unbranched alkanes of at least 4 members (excludes halogenated alkanes) is 39. The van der Waals surface area contributed by atoms with E-state index in [4.69, 9.17) is 4.74 Å². The van der Waals surface area contributed by atoms with Crippen molar-refractivity contribution in [2.45, 2.75) is 309 Å². The van der Waals surface area contributed by atoms with E-state index in [1.807, 2.05) is 6.08 Å². The standard InChI is InChI=1S/C54H105NO5/c1-3-5-7-9-11-13-15-23-28-32-36-40-44-48-54(59)60-49-45-41-37-33-29-25-22-20-18-16-17-19-21-24-27-31-35-39-43-47-53(58)55-51(50-56)52(57)46-42-38-34-30-26-14-12-10-8-6-4-2/h42,46,51-52,56-57H,3-41,43-45,47-50H2,1-2H3,(H,55,58)/b46-42+. The number of rotatable bonds is 50. The Morgan fingerprint density at radius 1 is 0.450 bits per heavy atom. The van der Waals surface area contributed by atoms with Gasteiger partial charge in [-0.1, -0.05) is 264 Å². The third kappa shape index (κ3) is 46.1. The van der Waals surface area contributed by atoms with E-state index in [1.54, 1.807) is 6.08 Å². The van der Waals surface area contributed by atoms with Gasteiger partial charge in [-0.25, -0.2) is 0 Å². The fraction of sp³-hybridized carbons (Fsp3) is 0.926. The molecule has 0 radical (unpaired) electrons. The Kier molecular flexibility index (Phi) is 49.1.